The van der Waals surface area contributed by atoms with Crippen molar-refractivity contribution in [3.05, 3.63) is 39.6 Å². The Kier molecular flexibility index (Phi) is 4.86. The minimum absolute atomic E-state index is 0.0741. The molecule has 0 bridgehead atoms. The van der Waals surface area contributed by atoms with E-state index in [9.17, 15) is 4.79 Å². The molecular weight excluding hydrogens is 310 g/mol. The van der Waals surface area contributed by atoms with E-state index in [2.05, 4.69) is 19.2 Å². The number of hydrogen-bond donors (Lipinski definition) is 1. The molecule has 1 aliphatic rings. The molecule has 122 valence electrons. The van der Waals surface area contributed by atoms with E-state index in [0.29, 0.717) is 19.0 Å². The zero-order chi connectivity index (χ0) is 16.2. The smallest absolute Gasteiger partial charge is 0.265 e. The molecule has 1 N–H and O–H groups in total. The predicted octanol–water partition coefficient (Wildman–Crippen LogP) is 4.42. The number of hydrogen-bond acceptors (Lipinski definition) is 4. The summed E-state index contributed by atoms with van der Waals surface area (Å²) in [5, 5.41) is 2.95. The third-order valence-electron chi connectivity index (χ3n) is 3.77. The second kappa shape index (κ2) is 7.04. The van der Waals surface area contributed by atoms with Crippen molar-refractivity contribution in [1.29, 1.82) is 0 Å². The highest BCUT2D eigenvalue weighted by Gasteiger charge is 2.15. The maximum absolute atomic E-state index is 12.4. The molecule has 3 rings (SSSR count). The molecule has 5 heteroatoms. The van der Waals surface area contributed by atoms with Crippen LogP contribution in [0.2, 0.25) is 0 Å². The number of ether oxygens (including phenoxy) is 2. The van der Waals surface area contributed by atoms with E-state index in [1.165, 1.54) is 10.4 Å². The number of fused-ring (bicyclic) bond motifs is 1. The first-order valence-electron chi connectivity index (χ1n) is 7.97. The van der Waals surface area contributed by atoms with Crippen LogP contribution in [0.4, 0.5) is 5.69 Å². The largest absolute Gasteiger partial charge is 0.490 e. The average molecular weight is 331 g/mol. The van der Waals surface area contributed by atoms with Gasteiger partial charge in [0, 0.05) is 23.1 Å². The van der Waals surface area contributed by atoms with Crippen LogP contribution >= 0.6 is 11.3 Å². The summed E-state index contributed by atoms with van der Waals surface area (Å²) in [6.07, 6.45) is 2.96. The van der Waals surface area contributed by atoms with Crippen LogP contribution in [0.15, 0.2) is 24.3 Å². The van der Waals surface area contributed by atoms with Crippen LogP contribution in [0.3, 0.4) is 0 Å². The maximum Gasteiger partial charge on any atom is 0.265 e. The monoisotopic (exact) mass is 331 g/mol. The standard InChI is InChI=1S/C18H21NO3S/c1-3-5-13-10-17(23-12(13)2)18(20)19-14-6-7-15-16(11-14)22-9-4-8-21-15/h6-7,10-11H,3-5,8-9H2,1-2H3,(H,19,20). The molecule has 0 fully saturated rings. The summed E-state index contributed by atoms with van der Waals surface area (Å²) in [7, 11) is 0. The molecule has 0 atom stereocenters. The Labute approximate surface area is 140 Å². The second-order valence-corrected chi connectivity index (χ2v) is 6.86. The van der Waals surface area contributed by atoms with Gasteiger partial charge in [-0.25, -0.2) is 0 Å². The molecule has 0 saturated heterocycles. The maximum atomic E-state index is 12.4. The van der Waals surface area contributed by atoms with Crippen molar-refractivity contribution < 1.29 is 14.3 Å². The molecule has 4 nitrogen and oxygen atoms in total. The van der Waals surface area contributed by atoms with Gasteiger partial charge in [-0.1, -0.05) is 13.3 Å². The average Bonchev–Trinajstić information content (AvgIpc) is 2.76. The molecule has 0 saturated carbocycles. The van der Waals surface area contributed by atoms with Crippen molar-refractivity contribution >= 4 is 22.9 Å². The topological polar surface area (TPSA) is 47.6 Å². The van der Waals surface area contributed by atoms with E-state index in [1.807, 2.05) is 24.3 Å². The van der Waals surface area contributed by atoms with Crippen molar-refractivity contribution in [1.82, 2.24) is 0 Å². The van der Waals surface area contributed by atoms with Crippen LogP contribution in [-0.4, -0.2) is 19.1 Å². The summed E-state index contributed by atoms with van der Waals surface area (Å²) in [6.45, 7) is 5.51. The lowest BCUT2D eigenvalue weighted by Gasteiger charge is -2.10. The van der Waals surface area contributed by atoms with E-state index < -0.39 is 0 Å². The molecule has 2 heterocycles. The van der Waals surface area contributed by atoms with Gasteiger partial charge in [0.05, 0.1) is 18.1 Å². The van der Waals surface area contributed by atoms with Gasteiger partial charge in [-0.05, 0) is 37.1 Å². The number of amides is 1. The van der Waals surface area contributed by atoms with Crippen LogP contribution in [0.25, 0.3) is 0 Å². The van der Waals surface area contributed by atoms with E-state index in [-0.39, 0.29) is 5.91 Å². The van der Waals surface area contributed by atoms with Gasteiger partial charge in [-0.2, -0.15) is 0 Å². The fraction of sp³-hybridized carbons (Fsp3) is 0.389. The van der Waals surface area contributed by atoms with E-state index in [0.717, 1.165) is 35.6 Å². The Hall–Kier alpha value is -2.01. The van der Waals surface area contributed by atoms with Gasteiger partial charge >= 0.3 is 0 Å². The van der Waals surface area contributed by atoms with Gasteiger partial charge in [0.2, 0.25) is 0 Å². The SMILES string of the molecule is CCCc1cc(C(=O)Nc2ccc3c(c2)OCCCO3)sc1C. The molecule has 1 aromatic carbocycles. The fourth-order valence-corrected chi connectivity index (χ4v) is 3.55. The highest BCUT2D eigenvalue weighted by Crippen LogP contribution is 2.32. The highest BCUT2D eigenvalue weighted by molar-refractivity contribution is 7.14. The molecule has 2 aromatic rings. The lowest BCUT2D eigenvalue weighted by molar-refractivity contribution is 0.103. The minimum Gasteiger partial charge on any atom is -0.490 e. The Morgan fingerprint density at radius 2 is 2.00 bits per heavy atom. The number of thiophene rings is 1. The summed E-state index contributed by atoms with van der Waals surface area (Å²) in [4.78, 5) is 14.4. The number of aryl methyl sites for hydroxylation is 2. The van der Waals surface area contributed by atoms with Gasteiger partial charge in [-0.3, -0.25) is 4.79 Å². The molecule has 0 spiro atoms. The summed E-state index contributed by atoms with van der Waals surface area (Å²) in [5.41, 5.74) is 1.99. The van der Waals surface area contributed by atoms with Crippen LogP contribution in [0.5, 0.6) is 11.5 Å². The van der Waals surface area contributed by atoms with Gasteiger partial charge in [-0.15, -0.1) is 11.3 Å². The number of anilines is 1. The normalized spacial score (nSPS) is 13.5. The molecule has 1 amide bonds. The van der Waals surface area contributed by atoms with Crippen molar-refractivity contribution in [3.63, 3.8) is 0 Å². The van der Waals surface area contributed by atoms with E-state index >= 15 is 0 Å². The Morgan fingerprint density at radius 3 is 2.78 bits per heavy atom. The van der Waals surface area contributed by atoms with E-state index in [1.54, 1.807) is 11.3 Å². The van der Waals surface area contributed by atoms with Crippen LogP contribution in [-0.2, 0) is 6.42 Å². The van der Waals surface area contributed by atoms with Crippen molar-refractivity contribution in [2.45, 2.75) is 33.1 Å². The van der Waals surface area contributed by atoms with Gasteiger partial charge in [0.25, 0.3) is 5.91 Å². The first kappa shape index (κ1) is 15.9. The van der Waals surface area contributed by atoms with Gasteiger partial charge < -0.3 is 14.8 Å². The Bertz CT molecular complexity index is 708. The van der Waals surface area contributed by atoms with Crippen LogP contribution in [0, 0.1) is 6.92 Å². The third kappa shape index (κ3) is 3.67. The Balaban J connectivity index is 1.75. The molecule has 23 heavy (non-hydrogen) atoms. The minimum atomic E-state index is -0.0741. The van der Waals surface area contributed by atoms with Gasteiger partial charge in [0.1, 0.15) is 0 Å². The zero-order valence-corrected chi connectivity index (χ0v) is 14.3. The quantitative estimate of drug-likeness (QED) is 0.902. The molecule has 0 radical (unpaired) electrons. The molecule has 0 unspecified atom stereocenters. The number of carbonyl (C=O) groups is 1. The van der Waals surface area contributed by atoms with Crippen molar-refractivity contribution in [3.8, 4) is 11.5 Å². The Morgan fingerprint density at radius 1 is 1.22 bits per heavy atom. The lowest BCUT2D eigenvalue weighted by atomic mass is 10.1. The summed E-state index contributed by atoms with van der Waals surface area (Å²) in [5.74, 6) is 1.35. The lowest BCUT2D eigenvalue weighted by Crippen LogP contribution is -2.10. The number of rotatable bonds is 4. The summed E-state index contributed by atoms with van der Waals surface area (Å²) < 4.78 is 11.3. The first-order valence-corrected chi connectivity index (χ1v) is 8.79. The fourth-order valence-electron chi connectivity index (χ4n) is 2.58. The number of benzene rings is 1. The first-order chi connectivity index (χ1) is 11.2. The molecule has 0 aliphatic carbocycles. The predicted molar refractivity (Wildman–Crippen MR) is 93.1 cm³/mol. The van der Waals surface area contributed by atoms with Crippen molar-refractivity contribution in [2.24, 2.45) is 0 Å². The second-order valence-electron chi connectivity index (χ2n) is 5.61. The number of nitrogens with one attached hydrogen (secondary N) is 1. The summed E-state index contributed by atoms with van der Waals surface area (Å²) in [6, 6.07) is 7.52. The van der Waals surface area contributed by atoms with Gasteiger partial charge in [0.15, 0.2) is 11.5 Å². The van der Waals surface area contributed by atoms with Crippen LogP contribution in [0.1, 0.15) is 39.9 Å². The zero-order valence-electron chi connectivity index (χ0n) is 13.5. The van der Waals surface area contributed by atoms with E-state index in [4.69, 9.17) is 9.47 Å². The molecule has 1 aromatic heterocycles. The third-order valence-corrected chi connectivity index (χ3v) is 4.86. The highest BCUT2D eigenvalue weighted by atomic mass is 32.1. The summed E-state index contributed by atoms with van der Waals surface area (Å²) >= 11 is 1.55. The van der Waals surface area contributed by atoms with Crippen LogP contribution < -0.4 is 14.8 Å². The molecule has 1 aliphatic heterocycles. The van der Waals surface area contributed by atoms with Crippen molar-refractivity contribution in [2.75, 3.05) is 18.5 Å². The number of carbonyl (C=O) groups excluding carboxylic acids is 1. The molecular formula is C18H21NO3S.